The number of hydrogen-bond donors (Lipinski definition) is 1. The summed E-state index contributed by atoms with van der Waals surface area (Å²) in [6.45, 7) is 10.3. The lowest BCUT2D eigenvalue weighted by Gasteiger charge is -2.43. The van der Waals surface area contributed by atoms with Crippen molar-refractivity contribution < 1.29 is 0 Å². The molecule has 0 aliphatic heterocycles. The van der Waals surface area contributed by atoms with Crippen LogP contribution in [-0.2, 0) is 0 Å². The molecule has 1 fully saturated rings. The van der Waals surface area contributed by atoms with Crippen molar-refractivity contribution in [3.63, 3.8) is 0 Å². The van der Waals surface area contributed by atoms with E-state index in [0.29, 0.717) is 5.41 Å². The van der Waals surface area contributed by atoms with Gasteiger partial charge in [0.05, 0.1) is 0 Å². The zero-order valence-electron chi connectivity index (χ0n) is 9.04. The maximum atomic E-state index is 3.62. The van der Waals surface area contributed by atoms with Gasteiger partial charge in [0.25, 0.3) is 0 Å². The highest BCUT2D eigenvalue weighted by atomic mass is 15.0. The lowest BCUT2D eigenvalue weighted by molar-refractivity contribution is 0.113. The average Bonchev–Trinajstić information content (AvgIpc) is 1.84. The Balaban J connectivity index is 2.30. The van der Waals surface area contributed by atoms with E-state index in [9.17, 15) is 0 Å². The molecule has 0 bridgehead atoms. The van der Waals surface area contributed by atoms with Crippen molar-refractivity contribution in [2.24, 2.45) is 5.41 Å². The van der Waals surface area contributed by atoms with E-state index in [1.807, 2.05) is 0 Å². The smallest absolute Gasteiger partial charge is 0.00967 e. The van der Waals surface area contributed by atoms with E-state index >= 15 is 0 Å². The molecule has 1 heteroatoms. The van der Waals surface area contributed by atoms with Gasteiger partial charge in [-0.1, -0.05) is 13.3 Å². The van der Waals surface area contributed by atoms with E-state index in [0.717, 1.165) is 0 Å². The van der Waals surface area contributed by atoms with Gasteiger partial charge in [-0.25, -0.2) is 0 Å². The molecule has 72 valence electrons. The van der Waals surface area contributed by atoms with Crippen LogP contribution in [0, 0.1) is 5.41 Å². The number of hydrogen-bond acceptors (Lipinski definition) is 1. The van der Waals surface area contributed by atoms with Crippen molar-refractivity contribution in [2.45, 2.75) is 58.9 Å². The van der Waals surface area contributed by atoms with Crippen LogP contribution < -0.4 is 5.32 Å². The van der Waals surface area contributed by atoms with Crippen molar-refractivity contribution in [1.82, 2.24) is 5.32 Å². The molecule has 0 amide bonds. The van der Waals surface area contributed by atoms with E-state index in [1.165, 1.54) is 32.2 Å². The Kier molecular flexibility index (Phi) is 2.82. The molecule has 0 spiro atoms. The van der Waals surface area contributed by atoms with Gasteiger partial charge in [0.1, 0.15) is 0 Å². The summed E-state index contributed by atoms with van der Waals surface area (Å²) in [6, 6.07) is 0. The molecule has 0 atom stereocenters. The molecule has 0 aromatic heterocycles. The molecule has 0 radical (unpaired) electrons. The first-order valence-electron chi connectivity index (χ1n) is 5.22. The Morgan fingerprint density at radius 2 is 1.83 bits per heavy atom. The van der Waals surface area contributed by atoms with Gasteiger partial charge in [0.2, 0.25) is 0 Å². The second-order valence-electron chi connectivity index (χ2n) is 5.31. The second-order valence-corrected chi connectivity index (χ2v) is 5.31. The molecule has 1 aliphatic carbocycles. The van der Waals surface area contributed by atoms with Gasteiger partial charge in [-0.15, -0.1) is 0 Å². The Morgan fingerprint density at radius 3 is 2.08 bits per heavy atom. The minimum atomic E-state index is 0.289. The Labute approximate surface area is 76.9 Å². The molecule has 0 unspecified atom stereocenters. The first kappa shape index (κ1) is 10.0. The molecule has 1 saturated carbocycles. The van der Waals surface area contributed by atoms with Crippen molar-refractivity contribution in [2.75, 3.05) is 6.54 Å². The summed E-state index contributed by atoms with van der Waals surface area (Å²) < 4.78 is 0. The van der Waals surface area contributed by atoms with E-state index in [2.05, 4.69) is 33.0 Å². The molecule has 12 heavy (non-hydrogen) atoms. The van der Waals surface area contributed by atoms with Gasteiger partial charge in [-0.3, -0.25) is 0 Å². The standard InChI is InChI=1S/C11H23N/c1-5-11(7-6-8-11)9-12-10(2,3)4/h12H,5-9H2,1-4H3. The Bertz CT molecular complexity index is 134. The zero-order valence-corrected chi connectivity index (χ0v) is 9.04. The van der Waals surface area contributed by atoms with Crippen LogP contribution in [0.2, 0.25) is 0 Å². The number of nitrogens with one attached hydrogen (secondary N) is 1. The molecular weight excluding hydrogens is 146 g/mol. The van der Waals surface area contributed by atoms with Gasteiger partial charge >= 0.3 is 0 Å². The average molecular weight is 169 g/mol. The molecular formula is C11H23N. The van der Waals surface area contributed by atoms with Crippen molar-refractivity contribution in [3.05, 3.63) is 0 Å². The summed E-state index contributed by atoms with van der Waals surface area (Å²) in [5.74, 6) is 0. The highest BCUT2D eigenvalue weighted by Gasteiger charge is 2.35. The fourth-order valence-electron chi connectivity index (χ4n) is 1.78. The lowest BCUT2D eigenvalue weighted by Crippen LogP contribution is -2.46. The highest BCUT2D eigenvalue weighted by Crippen LogP contribution is 2.43. The normalized spacial score (nSPS) is 22.0. The first-order chi connectivity index (χ1) is 5.47. The largest absolute Gasteiger partial charge is 0.312 e. The van der Waals surface area contributed by atoms with Crippen LogP contribution in [0.5, 0.6) is 0 Å². The second kappa shape index (κ2) is 3.37. The number of rotatable bonds is 3. The van der Waals surface area contributed by atoms with Gasteiger partial charge in [-0.2, -0.15) is 0 Å². The fourth-order valence-corrected chi connectivity index (χ4v) is 1.78. The fraction of sp³-hybridized carbons (Fsp3) is 1.00. The van der Waals surface area contributed by atoms with Crippen LogP contribution in [-0.4, -0.2) is 12.1 Å². The van der Waals surface area contributed by atoms with Crippen LogP contribution >= 0.6 is 0 Å². The predicted molar refractivity (Wildman–Crippen MR) is 54.3 cm³/mol. The summed E-state index contributed by atoms with van der Waals surface area (Å²) in [5, 5.41) is 3.62. The van der Waals surface area contributed by atoms with Crippen molar-refractivity contribution in [1.29, 1.82) is 0 Å². The van der Waals surface area contributed by atoms with E-state index < -0.39 is 0 Å². The molecule has 0 heterocycles. The molecule has 1 N–H and O–H groups in total. The molecule has 0 aromatic rings. The first-order valence-corrected chi connectivity index (χ1v) is 5.22. The SMILES string of the molecule is CCC1(CNC(C)(C)C)CCC1. The predicted octanol–water partition coefficient (Wildman–Crippen LogP) is 2.95. The van der Waals surface area contributed by atoms with Gasteiger partial charge < -0.3 is 5.32 Å². The summed E-state index contributed by atoms with van der Waals surface area (Å²) in [4.78, 5) is 0. The molecule has 1 rings (SSSR count). The van der Waals surface area contributed by atoms with Crippen LogP contribution in [0.3, 0.4) is 0 Å². The third-order valence-electron chi connectivity index (χ3n) is 3.16. The van der Waals surface area contributed by atoms with Gasteiger partial charge in [0.15, 0.2) is 0 Å². The monoisotopic (exact) mass is 169 g/mol. The minimum Gasteiger partial charge on any atom is -0.312 e. The lowest BCUT2D eigenvalue weighted by atomic mass is 9.67. The van der Waals surface area contributed by atoms with Crippen LogP contribution in [0.15, 0.2) is 0 Å². The van der Waals surface area contributed by atoms with E-state index in [-0.39, 0.29) is 5.54 Å². The van der Waals surface area contributed by atoms with Crippen molar-refractivity contribution >= 4 is 0 Å². The molecule has 0 aromatic carbocycles. The zero-order chi connectivity index (χ0) is 9.24. The maximum absolute atomic E-state index is 3.62. The van der Waals surface area contributed by atoms with Crippen LogP contribution in [0.1, 0.15) is 53.4 Å². The molecule has 1 nitrogen and oxygen atoms in total. The van der Waals surface area contributed by atoms with E-state index in [4.69, 9.17) is 0 Å². The summed E-state index contributed by atoms with van der Waals surface area (Å²) >= 11 is 0. The molecule has 0 saturated heterocycles. The van der Waals surface area contributed by atoms with Crippen LogP contribution in [0.25, 0.3) is 0 Å². The summed E-state index contributed by atoms with van der Waals surface area (Å²) in [7, 11) is 0. The Hall–Kier alpha value is -0.0400. The van der Waals surface area contributed by atoms with Crippen LogP contribution in [0.4, 0.5) is 0 Å². The maximum Gasteiger partial charge on any atom is 0.00967 e. The Morgan fingerprint density at radius 1 is 1.25 bits per heavy atom. The summed E-state index contributed by atoms with van der Waals surface area (Å²) in [5.41, 5.74) is 0.949. The highest BCUT2D eigenvalue weighted by molar-refractivity contribution is 4.90. The van der Waals surface area contributed by atoms with Gasteiger partial charge in [-0.05, 0) is 45.4 Å². The topological polar surface area (TPSA) is 12.0 Å². The van der Waals surface area contributed by atoms with E-state index in [1.54, 1.807) is 0 Å². The van der Waals surface area contributed by atoms with Gasteiger partial charge in [0, 0.05) is 12.1 Å². The third kappa shape index (κ3) is 2.48. The third-order valence-corrected chi connectivity index (χ3v) is 3.16. The summed E-state index contributed by atoms with van der Waals surface area (Å²) in [6.07, 6.45) is 5.66. The molecule has 1 aliphatic rings. The van der Waals surface area contributed by atoms with Crippen molar-refractivity contribution in [3.8, 4) is 0 Å². The quantitative estimate of drug-likeness (QED) is 0.685. The minimum absolute atomic E-state index is 0.289.